The standard InChI is InChI=1S/C25H20N2O5S/c1-15-3-9-19(10-4-15)26-23(29)14-27-24(30)22(33-25(27)31)13-20-11-12-21(32-20)18-7-5-17(6-8-18)16(2)28/h3-13H,14H2,1-2H3,(H,26,29)/b22-13+. The van der Waals surface area contributed by atoms with Crippen molar-refractivity contribution in [1.82, 2.24) is 4.90 Å². The number of benzene rings is 2. The third-order valence-corrected chi connectivity index (χ3v) is 5.89. The fourth-order valence-electron chi connectivity index (χ4n) is 3.20. The van der Waals surface area contributed by atoms with Crippen LogP contribution in [0.15, 0.2) is 70.0 Å². The highest BCUT2D eigenvalue weighted by Gasteiger charge is 2.36. The second-order valence-electron chi connectivity index (χ2n) is 7.52. The van der Waals surface area contributed by atoms with Gasteiger partial charge in [0, 0.05) is 22.9 Å². The molecule has 0 atom stereocenters. The zero-order chi connectivity index (χ0) is 23.5. The molecule has 3 aromatic rings. The molecule has 33 heavy (non-hydrogen) atoms. The number of amides is 3. The average molecular weight is 461 g/mol. The number of furan rings is 1. The van der Waals surface area contributed by atoms with Crippen molar-refractivity contribution in [2.24, 2.45) is 0 Å². The number of imide groups is 1. The Morgan fingerprint density at radius 1 is 1.00 bits per heavy atom. The summed E-state index contributed by atoms with van der Waals surface area (Å²) in [5.41, 5.74) is 3.02. The minimum Gasteiger partial charge on any atom is -0.457 e. The highest BCUT2D eigenvalue weighted by molar-refractivity contribution is 8.18. The molecule has 0 spiro atoms. The van der Waals surface area contributed by atoms with Crippen molar-refractivity contribution in [2.45, 2.75) is 13.8 Å². The number of hydrogen-bond donors (Lipinski definition) is 1. The van der Waals surface area contributed by atoms with Gasteiger partial charge < -0.3 is 9.73 Å². The third kappa shape index (κ3) is 5.12. The van der Waals surface area contributed by atoms with E-state index in [0.29, 0.717) is 22.8 Å². The van der Waals surface area contributed by atoms with Gasteiger partial charge in [-0.25, -0.2) is 0 Å². The van der Waals surface area contributed by atoms with Gasteiger partial charge in [0.1, 0.15) is 18.1 Å². The Bertz CT molecular complexity index is 1270. The molecule has 4 rings (SSSR count). The van der Waals surface area contributed by atoms with Gasteiger partial charge in [-0.15, -0.1) is 0 Å². The summed E-state index contributed by atoms with van der Waals surface area (Å²) in [7, 11) is 0. The second kappa shape index (κ2) is 9.30. The fraction of sp³-hybridized carbons (Fsp3) is 0.120. The summed E-state index contributed by atoms with van der Waals surface area (Å²) in [5.74, 6) is -0.0715. The van der Waals surface area contributed by atoms with Crippen molar-refractivity contribution in [3.63, 3.8) is 0 Å². The summed E-state index contributed by atoms with van der Waals surface area (Å²) in [6, 6.07) is 17.6. The predicted octanol–water partition coefficient (Wildman–Crippen LogP) is 5.13. The third-order valence-electron chi connectivity index (χ3n) is 4.99. The zero-order valence-electron chi connectivity index (χ0n) is 18.0. The topological polar surface area (TPSA) is 96.7 Å². The van der Waals surface area contributed by atoms with E-state index in [4.69, 9.17) is 4.42 Å². The number of carbonyl (C=O) groups excluding carboxylic acids is 4. The first-order valence-electron chi connectivity index (χ1n) is 10.1. The number of rotatable bonds is 6. The Morgan fingerprint density at radius 3 is 2.36 bits per heavy atom. The lowest BCUT2D eigenvalue weighted by atomic mass is 10.1. The number of Topliss-reactive ketones (excluding diaryl/α,β-unsaturated/α-hetero) is 1. The number of aryl methyl sites for hydroxylation is 1. The molecule has 8 heteroatoms. The van der Waals surface area contributed by atoms with Crippen LogP contribution in [0.3, 0.4) is 0 Å². The van der Waals surface area contributed by atoms with Crippen molar-refractivity contribution < 1.29 is 23.6 Å². The van der Waals surface area contributed by atoms with Gasteiger partial charge in [0.25, 0.3) is 11.1 Å². The fourth-order valence-corrected chi connectivity index (χ4v) is 4.02. The molecule has 1 aliphatic heterocycles. The largest absolute Gasteiger partial charge is 0.457 e. The summed E-state index contributed by atoms with van der Waals surface area (Å²) in [5, 5.41) is 2.16. The Labute approximate surface area is 194 Å². The van der Waals surface area contributed by atoms with Gasteiger partial charge >= 0.3 is 0 Å². The normalized spacial score (nSPS) is 14.7. The molecule has 1 saturated heterocycles. The number of carbonyl (C=O) groups is 4. The molecular formula is C25H20N2O5S. The van der Waals surface area contributed by atoms with Crippen LogP contribution < -0.4 is 5.32 Å². The molecule has 1 N–H and O–H groups in total. The highest BCUT2D eigenvalue weighted by atomic mass is 32.2. The van der Waals surface area contributed by atoms with Crippen molar-refractivity contribution in [2.75, 3.05) is 11.9 Å². The van der Waals surface area contributed by atoms with Crippen LogP contribution in [0.4, 0.5) is 10.5 Å². The van der Waals surface area contributed by atoms with Gasteiger partial charge in [-0.3, -0.25) is 24.1 Å². The summed E-state index contributed by atoms with van der Waals surface area (Å²) < 4.78 is 5.78. The molecule has 0 unspecified atom stereocenters. The quantitative estimate of drug-likeness (QED) is 0.405. The maximum Gasteiger partial charge on any atom is 0.294 e. The number of thioether (sulfide) groups is 1. The minimum atomic E-state index is -0.548. The maximum atomic E-state index is 12.7. The zero-order valence-corrected chi connectivity index (χ0v) is 18.8. The Hall–Kier alpha value is -3.91. The summed E-state index contributed by atoms with van der Waals surface area (Å²) in [6.45, 7) is 3.06. The summed E-state index contributed by atoms with van der Waals surface area (Å²) in [4.78, 5) is 49.8. The average Bonchev–Trinajstić information content (AvgIpc) is 3.36. The summed E-state index contributed by atoms with van der Waals surface area (Å²) >= 11 is 0.758. The van der Waals surface area contributed by atoms with Crippen molar-refractivity contribution in [3.05, 3.63) is 82.5 Å². The van der Waals surface area contributed by atoms with Crippen LogP contribution in [0.1, 0.15) is 28.6 Å². The highest BCUT2D eigenvalue weighted by Crippen LogP contribution is 2.33. The molecule has 0 saturated carbocycles. The van der Waals surface area contributed by atoms with Crippen LogP contribution in [0.2, 0.25) is 0 Å². The molecule has 7 nitrogen and oxygen atoms in total. The first kappa shape index (κ1) is 22.3. The lowest BCUT2D eigenvalue weighted by Crippen LogP contribution is -2.36. The predicted molar refractivity (Wildman–Crippen MR) is 127 cm³/mol. The first-order chi connectivity index (χ1) is 15.8. The summed E-state index contributed by atoms with van der Waals surface area (Å²) in [6.07, 6.45) is 1.48. The smallest absolute Gasteiger partial charge is 0.294 e. The molecule has 0 bridgehead atoms. The second-order valence-corrected chi connectivity index (χ2v) is 8.51. The van der Waals surface area contributed by atoms with Crippen LogP contribution >= 0.6 is 11.8 Å². The molecule has 166 valence electrons. The van der Waals surface area contributed by atoms with Gasteiger partial charge in [-0.2, -0.15) is 0 Å². The molecule has 2 heterocycles. The number of nitrogens with zero attached hydrogens (tertiary/aromatic N) is 1. The maximum absolute atomic E-state index is 12.7. The molecule has 0 aliphatic carbocycles. The van der Waals surface area contributed by atoms with Gasteiger partial charge in [0.2, 0.25) is 5.91 Å². The molecule has 0 radical (unpaired) electrons. The van der Waals surface area contributed by atoms with E-state index in [2.05, 4.69) is 5.32 Å². The van der Waals surface area contributed by atoms with E-state index in [9.17, 15) is 19.2 Å². The van der Waals surface area contributed by atoms with Gasteiger partial charge in [0.15, 0.2) is 5.78 Å². The van der Waals surface area contributed by atoms with Crippen LogP contribution in [-0.2, 0) is 9.59 Å². The van der Waals surface area contributed by atoms with E-state index in [1.807, 2.05) is 19.1 Å². The van der Waals surface area contributed by atoms with Crippen LogP contribution in [0.25, 0.3) is 17.4 Å². The van der Waals surface area contributed by atoms with E-state index in [1.165, 1.54) is 13.0 Å². The van der Waals surface area contributed by atoms with E-state index in [0.717, 1.165) is 27.8 Å². The SMILES string of the molecule is CC(=O)c1ccc(-c2ccc(/C=C3/SC(=O)N(CC(=O)Nc4ccc(C)cc4)C3=O)o2)cc1. The molecule has 1 aliphatic rings. The van der Waals surface area contributed by atoms with Crippen LogP contribution in [0.5, 0.6) is 0 Å². The van der Waals surface area contributed by atoms with E-state index in [-0.39, 0.29) is 17.2 Å². The minimum absolute atomic E-state index is 0.0232. The molecular weight excluding hydrogens is 440 g/mol. The number of ketones is 1. The van der Waals surface area contributed by atoms with Gasteiger partial charge in [0.05, 0.1) is 4.91 Å². The number of anilines is 1. The van der Waals surface area contributed by atoms with Crippen molar-refractivity contribution >= 4 is 46.4 Å². The van der Waals surface area contributed by atoms with Crippen molar-refractivity contribution in [1.29, 1.82) is 0 Å². The molecule has 2 aromatic carbocycles. The number of nitrogens with one attached hydrogen (secondary N) is 1. The Morgan fingerprint density at radius 2 is 1.70 bits per heavy atom. The Balaban J connectivity index is 1.43. The van der Waals surface area contributed by atoms with Crippen LogP contribution in [0, 0.1) is 6.92 Å². The van der Waals surface area contributed by atoms with E-state index < -0.39 is 17.1 Å². The lowest BCUT2D eigenvalue weighted by Gasteiger charge is -2.12. The van der Waals surface area contributed by atoms with Crippen LogP contribution in [-0.4, -0.2) is 34.3 Å². The van der Waals surface area contributed by atoms with Gasteiger partial charge in [-0.1, -0.05) is 42.0 Å². The monoisotopic (exact) mass is 460 g/mol. The lowest BCUT2D eigenvalue weighted by molar-refractivity contribution is -0.127. The van der Waals surface area contributed by atoms with E-state index >= 15 is 0 Å². The Kier molecular flexibility index (Phi) is 6.28. The van der Waals surface area contributed by atoms with Gasteiger partial charge in [-0.05, 0) is 49.9 Å². The number of hydrogen-bond acceptors (Lipinski definition) is 6. The molecule has 1 fully saturated rings. The van der Waals surface area contributed by atoms with E-state index in [1.54, 1.807) is 48.5 Å². The van der Waals surface area contributed by atoms with Crippen molar-refractivity contribution in [3.8, 4) is 11.3 Å². The first-order valence-corrected chi connectivity index (χ1v) is 10.9. The molecule has 1 aromatic heterocycles. The molecule has 3 amide bonds.